The summed E-state index contributed by atoms with van der Waals surface area (Å²) in [5.41, 5.74) is 0.471. The third kappa shape index (κ3) is 7.78. The van der Waals surface area contributed by atoms with E-state index in [2.05, 4.69) is 4.18 Å². The Morgan fingerprint density at radius 1 is 1.21 bits per heavy atom. The van der Waals surface area contributed by atoms with Crippen LogP contribution in [0.5, 0.6) is 5.75 Å². The largest absolute Gasteiger partial charge is 0.508 e. The van der Waals surface area contributed by atoms with Gasteiger partial charge in [-0.05, 0) is 37.6 Å². The maximum Gasteiger partial charge on any atom is 0.297 e. The van der Waals surface area contributed by atoms with Gasteiger partial charge in [0.15, 0.2) is 0 Å². The van der Waals surface area contributed by atoms with E-state index in [0.717, 1.165) is 0 Å². The van der Waals surface area contributed by atoms with Crippen LogP contribution >= 0.6 is 0 Å². The predicted octanol–water partition coefficient (Wildman–Crippen LogP) is 0.930. The number of rotatable bonds is 3. The lowest BCUT2D eigenvalue weighted by atomic mass is 10.2. The van der Waals surface area contributed by atoms with Crippen LogP contribution < -0.4 is 0 Å². The smallest absolute Gasteiger partial charge is 0.297 e. The Balaban J connectivity index is 0.000000555. The second kappa shape index (κ2) is 6.85. The van der Waals surface area contributed by atoms with Crippen LogP contribution in [-0.2, 0) is 24.4 Å². The highest BCUT2D eigenvalue weighted by Gasteiger charge is 2.16. The molecule has 0 radical (unpaired) electrons. The Hall–Kier alpha value is -1.16. The lowest BCUT2D eigenvalue weighted by Crippen LogP contribution is -2.07. The molecular formula is C10H16O7S2. The van der Waals surface area contributed by atoms with Gasteiger partial charge in [-0.3, -0.25) is 8.74 Å². The SMILES string of the molecule is CCOS(=O)(=O)c1ccc(O)cc1C.CS(=O)(=O)O. The number of aryl methyl sites for hydroxylation is 1. The number of phenolic OH excluding ortho intramolecular Hbond substituents is 1. The zero-order valence-electron chi connectivity index (χ0n) is 10.7. The molecule has 0 amide bonds. The average molecular weight is 312 g/mol. The molecule has 0 saturated carbocycles. The Bertz CT molecular complexity index is 609. The minimum atomic E-state index is -3.67. The molecule has 0 saturated heterocycles. The van der Waals surface area contributed by atoms with E-state index in [-0.39, 0.29) is 17.3 Å². The molecule has 1 aromatic carbocycles. The van der Waals surface area contributed by atoms with Crippen molar-refractivity contribution in [3.63, 3.8) is 0 Å². The van der Waals surface area contributed by atoms with Gasteiger partial charge in [0.1, 0.15) is 5.75 Å². The first-order valence-corrected chi connectivity index (χ1v) is 8.34. The van der Waals surface area contributed by atoms with Crippen molar-refractivity contribution < 1.29 is 30.7 Å². The van der Waals surface area contributed by atoms with Gasteiger partial charge in [-0.2, -0.15) is 16.8 Å². The third-order valence-electron chi connectivity index (χ3n) is 1.70. The molecule has 1 rings (SSSR count). The van der Waals surface area contributed by atoms with Crippen molar-refractivity contribution in [1.82, 2.24) is 0 Å². The summed E-state index contributed by atoms with van der Waals surface area (Å²) in [6.07, 6.45) is 0.715. The van der Waals surface area contributed by atoms with Crippen molar-refractivity contribution in [3.05, 3.63) is 23.8 Å². The summed E-state index contributed by atoms with van der Waals surface area (Å²) >= 11 is 0. The summed E-state index contributed by atoms with van der Waals surface area (Å²) in [4.78, 5) is 0.0946. The second-order valence-corrected chi connectivity index (χ2v) is 6.59. The molecule has 110 valence electrons. The molecule has 7 nitrogen and oxygen atoms in total. The van der Waals surface area contributed by atoms with E-state index in [4.69, 9.17) is 9.66 Å². The molecule has 0 fully saturated rings. The minimum Gasteiger partial charge on any atom is -0.508 e. The molecule has 0 aliphatic heterocycles. The van der Waals surface area contributed by atoms with Gasteiger partial charge in [-0.25, -0.2) is 0 Å². The van der Waals surface area contributed by atoms with Gasteiger partial charge in [0.25, 0.3) is 20.2 Å². The molecular weight excluding hydrogens is 296 g/mol. The van der Waals surface area contributed by atoms with Crippen LogP contribution in [0.15, 0.2) is 23.1 Å². The van der Waals surface area contributed by atoms with E-state index >= 15 is 0 Å². The van der Waals surface area contributed by atoms with E-state index in [9.17, 15) is 16.8 Å². The van der Waals surface area contributed by atoms with Gasteiger partial charge < -0.3 is 5.11 Å². The maximum absolute atomic E-state index is 11.5. The Morgan fingerprint density at radius 3 is 2.05 bits per heavy atom. The van der Waals surface area contributed by atoms with E-state index in [1.54, 1.807) is 13.8 Å². The van der Waals surface area contributed by atoms with Gasteiger partial charge >= 0.3 is 0 Å². The average Bonchev–Trinajstić information content (AvgIpc) is 2.13. The fourth-order valence-corrected chi connectivity index (χ4v) is 2.26. The Labute approximate surface area is 112 Å². The predicted molar refractivity (Wildman–Crippen MR) is 69.1 cm³/mol. The van der Waals surface area contributed by atoms with Gasteiger partial charge in [0, 0.05) is 0 Å². The van der Waals surface area contributed by atoms with Crippen LogP contribution in [-0.4, -0.2) is 39.4 Å². The first-order valence-electron chi connectivity index (χ1n) is 5.09. The van der Waals surface area contributed by atoms with Crippen LogP contribution in [0, 0.1) is 6.92 Å². The summed E-state index contributed by atoms with van der Waals surface area (Å²) in [7, 11) is -7.34. The van der Waals surface area contributed by atoms with Crippen LogP contribution in [0.3, 0.4) is 0 Å². The van der Waals surface area contributed by atoms with E-state index in [0.29, 0.717) is 11.8 Å². The first kappa shape index (κ1) is 17.8. The third-order valence-corrected chi connectivity index (χ3v) is 3.24. The van der Waals surface area contributed by atoms with Crippen molar-refractivity contribution in [1.29, 1.82) is 0 Å². The lowest BCUT2D eigenvalue weighted by Gasteiger charge is -2.06. The molecule has 0 spiro atoms. The molecule has 0 heterocycles. The van der Waals surface area contributed by atoms with Crippen molar-refractivity contribution >= 4 is 20.2 Å². The highest BCUT2D eigenvalue weighted by atomic mass is 32.2. The summed E-state index contributed by atoms with van der Waals surface area (Å²) in [6, 6.07) is 4.03. The second-order valence-electron chi connectivity index (χ2n) is 3.54. The van der Waals surface area contributed by atoms with Gasteiger partial charge in [-0.15, -0.1) is 0 Å². The van der Waals surface area contributed by atoms with Crippen LogP contribution in [0.4, 0.5) is 0 Å². The number of aromatic hydroxyl groups is 1. The zero-order chi connectivity index (χ0) is 15.3. The molecule has 0 atom stereocenters. The molecule has 9 heteroatoms. The number of hydrogen-bond acceptors (Lipinski definition) is 6. The highest BCUT2D eigenvalue weighted by Crippen LogP contribution is 2.21. The summed E-state index contributed by atoms with van der Waals surface area (Å²) in [5, 5.41) is 9.10. The quantitative estimate of drug-likeness (QED) is 0.629. The molecule has 0 unspecified atom stereocenters. The monoisotopic (exact) mass is 312 g/mol. The van der Waals surface area contributed by atoms with Crippen LogP contribution in [0.2, 0.25) is 0 Å². The van der Waals surface area contributed by atoms with Crippen LogP contribution in [0.1, 0.15) is 12.5 Å². The Morgan fingerprint density at radius 2 is 1.68 bits per heavy atom. The number of hydrogen-bond donors (Lipinski definition) is 2. The minimum absolute atomic E-state index is 0.0398. The molecule has 0 bridgehead atoms. The van der Waals surface area contributed by atoms with Crippen molar-refractivity contribution in [2.24, 2.45) is 0 Å². The van der Waals surface area contributed by atoms with Crippen molar-refractivity contribution in [2.45, 2.75) is 18.7 Å². The maximum atomic E-state index is 11.5. The molecule has 0 aromatic heterocycles. The summed E-state index contributed by atoms with van der Waals surface area (Å²) in [6.45, 7) is 3.31. The highest BCUT2D eigenvalue weighted by molar-refractivity contribution is 7.86. The lowest BCUT2D eigenvalue weighted by molar-refractivity contribution is 0.337. The van der Waals surface area contributed by atoms with E-state index < -0.39 is 20.2 Å². The first-order chi connectivity index (χ1) is 8.47. The van der Waals surface area contributed by atoms with Crippen molar-refractivity contribution in [3.8, 4) is 5.75 Å². The van der Waals surface area contributed by atoms with E-state index in [1.807, 2.05) is 0 Å². The molecule has 1 aromatic rings. The number of phenols is 1. The Kier molecular flexibility index (Phi) is 6.43. The molecule has 19 heavy (non-hydrogen) atoms. The number of benzene rings is 1. The van der Waals surface area contributed by atoms with Crippen molar-refractivity contribution in [2.75, 3.05) is 12.9 Å². The molecule has 2 N–H and O–H groups in total. The fraction of sp³-hybridized carbons (Fsp3) is 0.400. The molecule has 0 aliphatic carbocycles. The fourth-order valence-electron chi connectivity index (χ4n) is 1.13. The zero-order valence-corrected chi connectivity index (χ0v) is 12.3. The van der Waals surface area contributed by atoms with Gasteiger partial charge in [0.2, 0.25) is 0 Å². The van der Waals surface area contributed by atoms with Gasteiger partial charge in [-0.1, -0.05) is 0 Å². The summed E-state index contributed by atoms with van der Waals surface area (Å²) < 4.78 is 53.4. The van der Waals surface area contributed by atoms with Gasteiger partial charge in [0.05, 0.1) is 17.8 Å². The van der Waals surface area contributed by atoms with E-state index in [1.165, 1.54) is 18.2 Å². The standard InChI is InChI=1S/C9H12O4S.CH4O3S/c1-3-13-14(11,12)9-5-4-8(10)6-7(9)2;1-5(2,3)4/h4-6,10H,3H2,1-2H3;1H3,(H,2,3,4). The summed E-state index contributed by atoms with van der Waals surface area (Å²) in [5.74, 6) is 0.0398. The van der Waals surface area contributed by atoms with Crippen LogP contribution in [0.25, 0.3) is 0 Å². The topological polar surface area (TPSA) is 118 Å². The normalized spacial score (nSPS) is 11.6. The molecule has 0 aliphatic rings.